The zero-order valence-corrected chi connectivity index (χ0v) is 20.1. The Hall–Kier alpha value is -1.61. The maximum atomic E-state index is 11.9. The van der Waals surface area contributed by atoms with Crippen LogP contribution in [0.4, 0.5) is 0 Å². The van der Waals surface area contributed by atoms with Crippen LogP contribution in [-0.4, -0.2) is 22.8 Å². The first-order chi connectivity index (χ1) is 15.3. The van der Waals surface area contributed by atoms with Crippen LogP contribution >= 0.6 is 0 Å². The van der Waals surface area contributed by atoms with Gasteiger partial charge in [0.1, 0.15) is 6.10 Å². The summed E-state index contributed by atoms with van der Waals surface area (Å²) in [6.07, 6.45) is 14.5. The predicted octanol–water partition coefficient (Wildman–Crippen LogP) is 6.41. The molecule has 0 bridgehead atoms. The highest BCUT2D eigenvalue weighted by atomic mass is 16.5. The second-order valence-electron chi connectivity index (χ2n) is 11.8. The van der Waals surface area contributed by atoms with Gasteiger partial charge in [-0.05, 0) is 92.4 Å². The molecule has 32 heavy (non-hydrogen) atoms. The fourth-order valence-electron chi connectivity index (χ4n) is 8.68. The summed E-state index contributed by atoms with van der Waals surface area (Å²) < 4.78 is 5.62. The lowest BCUT2D eigenvalue weighted by molar-refractivity contribution is -0.164. The van der Waals surface area contributed by atoms with Crippen molar-refractivity contribution < 1.29 is 14.6 Å². The molecule has 8 atom stereocenters. The number of hydrogen-bond donors (Lipinski definition) is 1. The minimum absolute atomic E-state index is 0.0302. The van der Waals surface area contributed by atoms with Gasteiger partial charge >= 0.3 is 5.97 Å². The molecule has 0 amide bonds. The van der Waals surface area contributed by atoms with E-state index >= 15 is 0 Å². The lowest BCUT2D eigenvalue weighted by atomic mass is 9.44. The Kier molecular flexibility index (Phi) is 5.55. The Bertz CT molecular complexity index is 878. The quantitative estimate of drug-likeness (QED) is 0.557. The van der Waals surface area contributed by atoms with E-state index in [1.165, 1.54) is 31.2 Å². The van der Waals surface area contributed by atoms with E-state index in [1.54, 1.807) is 6.92 Å². The number of hydrogen-bond acceptors (Lipinski definition) is 3. The molecule has 1 aromatic rings. The molecule has 1 aromatic carbocycles. The van der Waals surface area contributed by atoms with Gasteiger partial charge < -0.3 is 9.84 Å². The molecule has 0 saturated heterocycles. The summed E-state index contributed by atoms with van der Waals surface area (Å²) in [6, 6.07) is 10.4. The number of carbonyl (C=O) groups excluding carboxylic acids is 1. The van der Waals surface area contributed by atoms with Gasteiger partial charge in [-0.2, -0.15) is 0 Å². The maximum absolute atomic E-state index is 11.9. The number of benzene rings is 1. The highest BCUT2D eigenvalue weighted by Crippen LogP contribution is 2.68. The van der Waals surface area contributed by atoms with Crippen LogP contribution in [0.3, 0.4) is 0 Å². The molecule has 3 nitrogen and oxygen atoms in total. The zero-order valence-electron chi connectivity index (χ0n) is 20.1. The highest BCUT2D eigenvalue weighted by Gasteiger charge is 2.64. The lowest BCUT2D eigenvalue weighted by Gasteiger charge is -2.61. The van der Waals surface area contributed by atoms with Gasteiger partial charge in [0.05, 0.1) is 5.60 Å². The van der Waals surface area contributed by atoms with Crippen molar-refractivity contribution in [1.82, 2.24) is 0 Å². The van der Waals surface area contributed by atoms with Crippen molar-refractivity contribution in [2.75, 3.05) is 0 Å². The number of ether oxygens (including phenoxy) is 1. The fraction of sp³-hybridized carbons (Fsp3) is 0.690. The van der Waals surface area contributed by atoms with Crippen molar-refractivity contribution in [3.8, 4) is 0 Å². The molecular weight excluding hydrogens is 396 g/mol. The first-order valence-corrected chi connectivity index (χ1v) is 12.9. The number of carbonyl (C=O) groups is 1. The summed E-state index contributed by atoms with van der Waals surface area (Å²) >= 11 is 0. The lowest BCUT2D eigenvalue weighted by Crippen LogP contribution is -2.56. The fourth-order valence-corrected chi connectivity index (χ4v) is 8.68. The van der Waals surface area contributed by atoms with Crippen molar-refractivity contribution in [1.29, 1.82) is 0 Å². The smallest absolute Gasteiger partial charge is 0.302 e. The first-order valence-electron chi connectivity index (χ1n) is 12.9. The molecule has 0 aromatic heterocycles. The van der Waals surface area contributed by atoms with E-state index in [0.29, 0.717) is 17.3 Å². The summed E-state index contributed by atoms with van der Waals surface area (Å²) in [5.74, 6) is 2.62. The monoisotopic (exact) mass is 436 g/mol. The molecule has 0 unspecified atom stereocenters. The molecule has 4 fully saturated rings. The first kappa shape index (κ1) is 22.2. The summed E-state index contributed by atoms with van der Waals surface area (Å²) in [4.78, 5) is 11.5. The molecule has 0 aliphatic heterocycles. The van der Waals surface area contributed by atoms with Crippen LogP contribution in [0.25, 0.3) is 6.08 Å². The Balaban J connectivity index is 1.35. The van der Waals surface area contributed by atoms with Gasteiger partial charge in [-0.1, -0.05) is 56.3 Å². The van der Waals surface area contributed by atoms with E-state index in [-0.39, 0.29) is 17.5 Å². The standard InChI is InChI=1S/C29H40O3/c1-20(30)32-23-12-15-27(2)22(19-23)9-10-24-25(27)13-16-28(3)26(24)14-18-29(28,31)17-11-21-7-5-4-6-8-21/h4-8,11,17,22-26,31H,9-10,12-16,18-19H2,1-3H3/b17-11+/t22-,23-,24-,25+,26-,27+,28-,29+/m1/s1. The van der Waals surface area contributed by atoms with Gasteiger partial charge in [0.2, 0.25) is 0 Å². The molecule has 4 saturated carbocycles. The molecule has 4 aliphatic carbocycles. The van der Waals surface area contributed by atoms with E-state index in [2.05, 4.69) is 50.3 Å². The van der Waals surface area contributed by atoms with E-state index in [0.717, 1.165) is 43.9 Å². The van der Waals surface area contributed by atoms with E-state index in [4.69, 9.17) is 4.74 Å². The largest absolute Gasteiger partial charge is 0.463 e. The van der Waals surface area contributed by atoms with Gasteiger partial charge in [0, 0.05) is 12.3 Å². The van der Waals surface area contributed by atoms with Gasteiger partial charge in [0.25, 0.3) is 0 Å². The van der Waals surface area contributed by atoms with Crippen LogP contribution in [0.1, 0.15) is 84.1 Å². The molecular formula is C29H40O3. The normalized spacial score (nSPS) is 45.7. The SMILES string of the molecule is CC(=O)O[C@@H]1CC[C@@]2(C)[C@H](CC[C@H]3[C@H]4CC[C@@](O)(/C=C/c5ccccc5)[C@]4(C)CC[C@@H]32)C1. The Labute approximate surface area is 193 Å². The van der Waals surface area contributed by atoms with E-state index in [1.807, 2.05) is 6.07 Å². The van der Waals surface area contributed by atoms with Crippen LogP contribution in [0, 0.1) is 34.5 Å². The molecule has 0 heterocycles. The van der Waals surface area contributed by atoms with Crippen molar-refractivity contribution in [3.05, 3.63) is 42.0 Å². The van der Waals surface area contributed by atoms with Crippen molar-refractivity contribution >= 4 is 12.0 Å². The van der Waals surface area contributed by atoms with Crippen LogP contribution in [0.15, 0.2) is 36.4 Å². The topological polar surface area (TPSA) is 46.5 Å². The second kappa shape index (κ2) is 8.01. The van der Waals surface area contributed by atoms with Crippen LogP contribution in [0.5, 0.6) is 0 Å². The molecule has 174 valence electrons. The summed E-state index contributed by atoms with van der Waals surface area (Å²) in [5, 5.41) is 11.9. The molecule has 4 aliphatic rings. The highest BCUT2D eigenvalue weighted by molar-refractivity contribution is 5.66. The maximum Gasteiger partial charge on any atom is 0.302 e. The Morgan fingerprint density at radius 3 is 2.50 bits per heavy atom. The van der Waals surface area contributed by atoms with Gasteiger partial charge in [-0.25, -0.2) is 0 Å². The minimum atomic E-state index is -0.705. The van der Waals surface area contributed by atoms with Gasteiger partial charge in [-0.3, -0.25) is 4.79 Å². The zero-order chi connectivity index (χ0) is 22.6. The van der Waals surface area contributed by atoms with Crippen molar-refractivity contribution in [2.24, 2.45) is 34.5 Å². The molecule has 0 radical (unpaired) electrons. The summed E-state index contributed by atoms with van der Waals surface area (Å²) in [5.41, 5.74) is 0.793. The molecule has 5 rings (SSSR count). The van der Waals surface area contributed by atoms with E-state index < -0.39 is 5.60 Å². The van der Waals surface area contributed by atoms with Crippen molar-refractivity contribution in [3.63, 3.8) is 0 Å². The summed E-state index contributed by atoms with van der Waals surface area (Å²) in [6.45, 7) is 6.46. The predicted molar refractivity (Wildman–Crippen MR) is 128 cm³/mol. The Morgan fingerprint density at radius 2 is 1.75 bits per heavy atom. The molecule has 0 spiro atoms. The third-order valence-electron chi connectivity index (χ3n) is 10.5. The van der Waals surface area contributed by atoms with Gasteiger partial charge in [-0.15, -0.1) is 0 Å². The number of fused-ring (bicyclic) bond motifs is 5. The third kappa shape index (κ3) is 3.47. The van der Waals surface area contributed by atoms with Gasteiger partial charge in [0.15, 0.2) is 0 Å². The number of rotatable bonds is 3. The van der Waals surface area contributed by atoms with Crippen LogP contribution < -0.4 is 0 Å². The molecule has 1 N–H and O–H groups in total. The average Bonchev–Trinajstić information content (AvgIpc) is 3.04. The number of aliphatic hydroxyl groups is 1. The minimum Gasteiger partial charge on any atom is -0.463 e. The van der Waals surface area contributed by atoms with Crippen molar-refractivity contribution in [2.45, 2.75) is 90.3 Å². The summed E-state index contributed by atoms with van der Waals surface area (Å²) in [7, 11) is 0. The van der Waals surface area contributed by atoms with Crippen LogP contribution in [-0.2, 0) is 9.53 Å². The molecule has 3 heteroatoms. The van der Waals surface area contributed by atoms with Crippen LogP contribution in [0.2, 0.25) is 0 Å². The Morgan fingerprint density at radius 1 is 1.00 bits per heavy atom. The second-order valence-corrected chi connectivity index (χ2v) is 11.8. The number of esters is 1. The van der Waals surface area contributed by atoms with E-state index in [9.17, 15) is 9.90 Å². The third-order valence-corrected chi connectivity index (χ3v) is 10.5. The average molecular weight is 437 g/mol.